The van der Waals surface area contributed by atoms with Gasteiger partial charge >= 0.3 is 5.97 Å². The Hall–Kier alpha value is -3.03. The number of methoxy groups -OCH3 is 1. The summed E-state index contributed by atoms with van der Waals surface area (Å²) < 4.78 is 9.82. The van der Waals surface area contributed by atoms with Gasteiger partial charge in [0.25, 0.3) is 0 Å². The van der Waals surface area contributed by atoms with Crippen LogP contribution in [0, 0.1) is 12.8 Å². The van der Waals surface area contributed by atoms with Crippen molar-refractivity contribution in [3.8, 4) is 11.4 Å². The number of aryl methyl sites for hydroxylation is 1. The van der Waals surface area contributed by atoms with Gasteiger partial charge in [0.15, 0.2) is 0 Å². The van der Waals surface area contributed by atoms with Crippen molar-refractivity contribution in [2.75, 3.05) is 12.4 Å². The van der Waals surface area contributed by atoms with Crippen LogP contribution in [0.5, 0.6) is 0 Å². The summed E-state index contributed by atoms with van der Waals surface area (Å²) in [5.41, 5.74) is 1.66. The van der Waals surface area contributed by atoms with Gasteiger partial charge < -0.3 is 14.6 Å². The second-order valence-corrected chi connectivity index (χ2v) is 6.12. The van der Waals surface area contributed by atoms with E-state index in [0.717, 1.165) is 35.1 Å². The SMILES string of the molecule is COC(=O)C1CC(Nc2ncnc3ccc(-c4noc(C)n4)cc23)C1. The summed E-state index contributed by atoms with van der Waals surface area (Å²) in [5, 5.41) is 8.22. The third-order valence-corrected chi connectivity index (χ3v) is 4.43. The van der Waals surface area contributed by atoms with E-state index in [1.54, 1.807) is 6.92 Å². The van der Waals surface area contributed by atoms with E-state index in [1.165, 1.54) is 13.4 Å². The molecule has 0 unspecified atom stereocenters. The van der Waals surface area contributed by atoms with Crippen molar-refractivity contribution >= 4 is 22.7 Å². The van der Waals surface area contributed by atoms with Crippen LogP contribution in [0.3, 0.4) is 0 Å². The Morgan fingerprint density at radius 2 is 2.16 bits per heavy atom. The van der Waals surface area contributed by atoms with Crippen molar-refractivity contribution in [3.05, 3.63) is 30.4 Å². The van der Waals surface area contributed by atoms with E-state index in [-0.39, 0.29) is 17.9 Å². The highest BCUT2D eigenvalue weighted by atomic mass is 16.5. The number of anilines is 1. The van der Waals surface area contributed by atoms with Crippen LogP contribution in [0.1, 0.15) is 18.7 Å². The number of benzene rings is 1. The lowest BCUT2D eigenvalue weighted by atomic mass is 9.80. The molecule has 0 spiro atoms. The maximum atomic E-state index is 11.5. The second kappa shape index (κ2) is 6.12. The lowest BCUT2D eigenvalue weighted by Crippen LogP contribution is -2.40. The highest BCUT2D eigenvalue weighted by Gasteiger charge is 2.35. The first-order valence-corrected chi connectivity index (χ1v) is 8.04. The van der Waals surface area contributed by atoms with Gasteiger partial charge in [-0.1, -0.05) is 5.16 Å². The third kappa shape index (κ3) is 2.90. The number of hydrogen-bond donors (Lipinski definition) is 1. The van der Waals surface area contributed by atoms with Gasteiger partial charge in [-0.05, 0) is 31.0 Å². The summed E-state index contributed by atoms with van der Waals surface area (Å²) in [6.45, 7) is 1.75. The van der Waals surface area contributed by atoms with Crippen LogP contribution >= 0.6 is 0 Å². The Labute approximate surface area is 143 Å². The standard InChI is InChI=1S/C17H17N5O3/c1-9-20-15(22-25-9)10-3-4-14-13(7-10)16(19-8-18-14)21-12-5-11(6-12)17(23)24-2/h3-4,7-8,11-12H,5-6H2,1-2H3,(H,18,19,21). The molecule has 1 saturated carbocycles. The molecule has 25 heavy (non-hydrogen) atoms. The molecule has 8 nitrogen and oxygen atoms in total. The molecule has 1 aromatic carbocycles. The molecule has 0 aliphatic heterocycles. The lowest BCUT2D eigenvalue weighted by molar-refractivity contribution is -0.148. The molecule has 0 radical (unpaired) electrons. The normalized spacial score (nSPS) is 19.4. The number of esters is 1. The Morgan fingerprint density at radius 1 is 1.32 bits per heavy atom. The average molecular weight is 339 g/mol. The van der Waals surface area contributed by atoms with Crippen molar-refractivity contribution < 1.29 is 14.1 Å². The molecule has 0 bridgehead atoms. The Morgan fingerprint density at radius 3 is 2.88 bits per heavy atom. The number of hydrogen-bond acceptors (Lipinski definition) is 8. The van der Waals surface area contributed by atoms with Crippen molar-refractivity contribution in [1.82, 2.24) is 20.1 Å². The van der Waals surface area contributed by atoms with E-state index < -0.39 is 0 Å². The fourth-order valence-corrected chi connectivity index (χ4v) is 3.02. The van der Waals surface area contributed by atoms with Gasteiger partial charge in [0.05, 0.1) is 18.5 Å². The van der Waals surface area contributed by atoms with Gasteiger partial charge in [-0.3, -0.25) is 4.79 Å². The molecule has 1 fully saturated rings. The summed E-state index contributed by atoms with van der Waals surface area (Å²) in [4.78, 5) is 24.4. The number of carbonyl (C=O) groups excluding carboxylic acids is 1. The summed E-state index contributed by atoms with van der Waals surface area (Å²) >= 11 is 0. The molecule has 1 aliphatic carbocycles. The van der Waals surface area contributed by atoms with E-state index in [1.807, 2.05) is 18.2 Å². The highest BCUT2D eigenvalue weighted by molar-refractivity contribution is 5.92. The van der Waals surface area contributed by atoms with Crippen LogP contribution in [0.4, 0.5) is 5.82 Å². The third-order valence-electron chi connectivity index (χ3n) is 4.43. The summed E-state index contributed by atoms with van der Waals surface area (Å²) in [5.74, 6) is 1.60. The summed E-state index contributed by atoms with van der Waals surface area (Å²) in [6.07, 6.45) is 3.00. The monoisotopic (exact) mass is 339 g/mol. The van der Waals surface area contributed by atoms with Gasteiger partial charge in [-0.25, -0.2) is 9.97 Å². The number of fused-ring (bicyclic) bond motifs is 1. The van der Waals surface area contributed by atoms with Gasteiger partial charge in [-0.15, -0.1) is 0 Å². The number of ether oxygens (including phenoxy) is 1. The molecule has 1 N–H and O–H groups in total. The topological polar surface area (TPSA) is 103 Å². The molecular formula is C17H17N5O3. The predicted molar refractivity (Wildman–Crippen MR) is 89.7 cm³/mol. The molecule has 4 rings (SSSR count). The van der Waals surface area contributed by atoms with Gasteiger partial charge in [0.2, 0.25) is 11.7 Å². The highest BCUT2D eigenvalue weighted by Crippen LogP contribution is 2.33. The minimum absolute atomic E-state index is 0.0338. The second-order valence-electron chi connectivity index (χ2n) is 6.12. The number of carbonyl (C=O) groups is 1. The smallest absolute Gasteiger partial charge is 0.308 e. The predicted octanol–water partition coefficient (Wildman–Crippen LogP) is 2.35. The fraction of sp³-hybridized carbons (Fsp3) is 0.353. The number of aromatic nitrogens is 4. The van der Waals surface area contributed by atoms with Crippen molar-refractivity contribution in [2.45, 2.75) is 25.8 Å². The van der Waals surface area contributed by atoms with Gasteiger partial charge in [-0.2, -0.15) is 4.98 Å². The minimum atomic E-state index is -0.152. The van der Waals surface area contributed by atoms with Crippen LogP contribution in [-0.2, 0) is 9.53 Å². The van der Waals surface area contributed by atoms with Crippen LogP contribution in [-0.4, -0.2) is 39.2 Å². The molecule has 2 heterocycles. The zero-order chi connectivity index (χ0) is 17.4. The van der Waals surface area contributed by atoms with Crippen LogP contribution < -0.4 is 5.32 Å². The molecule has 3 aromatic rings. The van der Waals surface area contributed by atoms with E-state index >= 15 is 0 Å². The zero-order valence-corrected chi connectivity index (χ0v) is 13.9. The minimum Gasteiger partial charge on any atom is -0.469 e. The quantitative estimate of drug-likeness (QED) is 0.723. The van der Waals surface area contributed by atoms with Crippen LogP contribution in [0.15, 0.2) is 29.0 Å². The molecule has 128 valence electrons. The van der Waals surface area contributed by atoms with E-state index in [4.69, 9.17) is 9.26 Å². The summed E-state index contributed by atoms with van der Waals surface area (Å²) in [6, 6.07) is 5.94. The Balaban J connectivity index is 1.60. The van der Waals surface area contributed by atoms with Gasteiger partial charge in [0.1, 0.15) is 12.1 Å². The zero-order valence-electron chi connectivity index (χ0n) is 13.9. The Kier molecular flexibility index (Phi) is 3.79. The molecule has 8 heteroatoms. The van der Waals surface area contributed by atoms with Crippen molar-refractivity contribution in [2.24, 2.45) is 5.92 Å². The van der Waals surface area contributed by atoms with Crippen LogP contribution in [0.25, 0.3) is 22.3 Å². The number of nitrogens with zero attached hydrogens (tertiary/aromatic N) is 4. The maximum absolute atomic E-state index is 11.5. The number of nitrogens with one attached hydrogen (secondary N) is 1. The first kappa shape index (κ1) is 15.5. The molecular weight excluding hydrogens is 322 g/mol. The molecule has 2 aromatic heterocycles. The van der Waals surface area contributed by atoms with Crippen molar-refractivity contribution in [3.63, 3.8) is 0 Å². The maximum Gasteiger partial charge on any atom is 0.308 e. The van der Waals surface area contributed by atoms with E-state index in [9.17, 15) is 4.79 Å². The van der Waals surface area contributed by atoms with Gasteiger partial charge in [0, 0.05) is 23.9 Å². The van der Waals surface area contributed by atoms with Crippen molar-refractivity contribution in [1.29, 1.82) is 0 Å². The first-order chi connectivity index (χ1) is 12.1. The molecule has 0 atom stereocenters. The number of rotatable bonds is 4. The average Bonchev–Trinajstić information content (AvgIpc) is 3.03. The largest absolute Gasteiger partial charge is 0.469 e. The first-order valence-electron chi connectivity index (χ1n) is 8.04. The Bertz CT molecular complexity index is 933. The summed E-state index contributed by atoms with van der Waals surface area (Å²) in [7, 11) is 1.42. The van der Waals surface area contributed by atoms with Crippen LogP contribution in [0.2, 0.25) is 0 Å². The fourth-order valence-electron chi connectivity index (χ4n) is 3.02. The van der Waals surface area contributed by atoms with E-state index in [0.29, 0.717) is 11.7 Å². The molecule has 0 saturated heterocycles. The van der Waals surface area contributed by atoms with E-state index in [2.05, 4.69) is 25.4 Å². The molecule has 1 aliphatic rings. The lowest BCUT2D eigenvalue weighted by Gasteiger charge is -2.34. The molecule has 0 amide bonds.